The summed E-state index contributed by atoms with van der Waals surface area (Å²) in [4.78, 5) is 11.4. The lowest BCUT2D eigenvalue weighted by molar-refractivity contribution is -0.118. The van der Waals surface area contributed by atoms with Gasteiger partial charge in [-0.3, -0.25) is 4.79 Å². The Morgan fingerprint density at radius 2 is 2.17 bits per heavy atom. The zero-order valence-electron chi connectivity index (χ0n) is 10.3. The maximum absolute atomic E-state index is 13.3. The predicted molar refractivity (Wildman–Crippen MR) is 70.4 cm³/mol. The number of carbonyl (C=O) groups excluding carboxylic acids is 1. The maximum Gasteiger partial charge on any atom is 0.230 e. The Morgan fingerprint density at radius 3 is 2.89 bits per heavy atom. The fourth-order valence-corrected chi connectivity index (χ4v) is 2.20. The summed E-state index contributed by atoms with van der Waals surface area (Å²) in [7, 11) is 0. The van der Waals surface area contributed by atoms with Crippen molar-refractivity contribution in [1.82, 2.24) is 5.32 Å². The van der Waals surface area contributed by atoms with Gasteiger partial charge < -0.3 is 5.32 Å². The molecule has 1 amide bonds. The van der Waals surface area contributed by atoms with E-state index in [0.29, 0.717) is 17.9 Å². The van der Waals surface area contributed by atoms with Gasteiger partial charge in [0, 0.05) is 17.9 Å². The number of hydrogen-bond donors (Lipinski definition) is 1. The first-order chi connectivity index (χ1) is 8.65. The van der Waals surface area contributed by atoms with Gasteiger partial charge in [0.25, 0.3) is 0 Å². The summed E-state index contributed by atoms with van der Waals surface area (Å²) >= 11 is 1.28. The van der Waals surface area contributed by atoms with Gasteiger partial charge in [0.15, 0.2) is 11.6 Å². The molecule has 1 aromatic carbocycles. The molecule has 0 saturated heterocycles. The van der Waals surface area contributed by atoms with Crippen LogP contribution in [0.15, 0.2) is 18.2 Å². The lowest BCUT2D eigenvalue weighted by Gasteiger charge is -2.05. The minimum absolute atomic E-state index is 0.0646. The zero-order valence-corrected chi connectivity index (χ0v) is 11.2. The second-order valence-corrected chi connectivity index (χ2v) is 4.89. The summed E-state index contributed by atoms with van der Waals surface area (Å²) in [5.74, 6) is -1.17. The summed E-state index contributed by atoms with van der Waals surface area (Å²) in [5, 5.41) is 2.77. The molecule has 0 aliphatic carbocycles. The minimum Gasteiger partial charge on any atom is -0.355 e. The quantitative estimate of drug-likeness (QED) is 0.773. The van der Waals surface area contributed by atoms with Crippen LogP contribution in [0.1, 0.15) is 25.3 Å². The molecule has 2 nitrogen and oxygen atoms in total. The SMILES string of the molecule is CCCCNC(=O)CSCc1cccc(F)c1F. The molecule has 1 aromatic rings. The van der Waals surface area contributed by atoms with E-state index in [1.165, 1.54) is 23.9 Å². The first-order valence-corrected chi connectivity index (χ1v) is 7.08. The third-order valence-electron chi connectivity index (χ3n) is 2.37. The maximum atomic E-state index is 13.3. The number of halogens is 2. The number of hydrogen-bond acceptors (Lipinski definition) is 2. The lowest BCUT2D eigenvalue weighted by atomic mass is 10.2. The van der Waals surface area contributed by atoms with Crippen LogP contribution >= 0.6 is 11.8 Å². The summed E-state index contributed by atoms with van der Waals surface area (Å²) in [5.41, 5.74) is 0.293. The van der Waals surface area contributed by atoms with Crippen LogP contribution in [0.2, 0.25) is 0 Å². The summed E-state index contributed by atoms with van der Waals surface area (Å²) in [6, 6.07) is 4.08. The number of amides is 1. The van der Waals surface area contributed by atoms with Crippen molar-refractivity contribution in [2.45, 2.75) is 25.5 Å². The normalized spacial score (nSPS) is 10.4. The van der Waals surface area contributed by atoms with Gasteiger partial charge >= 0.3 is 0 Å². The topological polar surface area (TPSA) is 29.1 Å². The van der Waals surface area contributed by atoms with Crippen molar-refractivity contribution in [3.05, 3.63) is 35.4 Å². The molecule has 100 valence electrons. The van der Waals surface area contributed by atoms with Crippen LogP contribution in [-0.2, 0) is 10.5 Å². The molecule has 1 rings (SSSR count). The first-order valence-electron chi connectivity index (χ1n) is 5.92. The van der Waals surface area contributed by atoms with Crippen LogP contribution < -0.4 is 5.32 Å². The highest BCUT2D eigenvalue weighted by Crippen LogP contribution is 2.17. The number of rotatable bonds is 7. The molecule has 0 aliphatic rings. The van der Waals surface area contributed by atoms with E-state index in [0.717, 1.165) is 18.9 Å². The van der Waals surface area contributed by atoms with Gasteiger partial charge in [0.1, 0.15) is 0 Å². The third kappa shape index (κ3) is 5.04. The van der Waals surface area contributed by atoms with Crippen molar-refractivity contribution >= 4 is 17.7 Å². The molecule has 0 aromatic heterocycles. The van der Waals surface area contributed by atoms with Crippen molar-refractivity contribution in [3.63, 3.8) is 0 Å². The molecule has 0 heterocycles. The van der Waals surface area contributed by atoms with Crippen LogP contribution in [-0.4, -0.2) is 18.2 Å². The average Bonchev–Trinajstić information content (AvgIpc) is 2.35. The Bertz CT molecular complexity index is 399. The van der Waals surface area contributed by atoms with Gasteiger partial charge in [-0.05, 0) is 12.5 Å². The van der Waals surface area contributed by atoms with Gasteiger partial charge in [0.05, 0.1) is 5.75 Å². The van der Waals surface area contributed by atoms with Gasteiger partial charge in [-0.25, -0.2) is 8.78 Å². The van der Waals surface area contributed by atoms with E-state index >= 15 is 0 Å². The molecule has 1 N–H and O–H groups in total. The number of unbranched alkanes of at least 4 members (excludes halogenated alkanes) is 1. The van der Waals surface area contributed by atoms with Gasteiger partial charge in [0.2, 0.25) is 5.91 Å². The van der Waals surface area contributed by atoms with Crippen LogP contribution in [0.5, 0.6) is 0 Å². The van der Waals surface area contributed by atoms with Gasteiger partial charge in [-0.2, -0.15) is 0 Å². The summed E-state index contributed by atoms with van der Waals surface area (Å²) < 4.78 is 26.2. The second kappa shape index (κ2) is 8.08. The number of carbonyl (C=O) groups is 1. The predicted octanol–water partition coefficient (Wildman–Crippen LogP) is 3.11. The van der Waals surface area contributed by atoms with Crippen LogP contribution in [0.25, 0.3) is 0 Å². The first kappa shape index (κ1) is 15.0. The van der Waals surface area contributed by atoms with Crippen molar-refractivity contribution in [3.8, 4) is 0 Å². The molecule has 0 bridgehead atoms. The van der Waals surface area contributed by atoms with Crippen molar-refractivity contribution in [1.29, 1.82) is 0 Å². The largest absolute Gasteiger partial charge is 0.355 e. The summed E-state index contributed by atoms with van der Waals surface area (Å²) in [6.07, 6.45) is 1.98. The summed E-state index contributed by atoms with van der Waals surface area (Å²) in [6.45, 7) is 2.72. The molecule has 0 unspecified atom stereocenters. The molecular formula is C13H17F2NOS. The molecular weight excluding hydrogens is 256 g/mol. The Kier molecular flexibility index (Phi) is 6.72. The highest BCUT2D eigenvalue weighted by molar-refractivity contribution is 7.99. The van der Waals surface area contributed by atoms with E-state index in [1.54, 1.807) is 0 Å². The van der Waals surface area contributed by atoms with E-state index in [9.17, 15) is 13.6 Å². The average molecular weight is 273 g/mol. The molecule has 0 aliphatic heterocycles. The van der Waals surface area contributed by atoms with Crippen molar-refractivity contribution in [2.24, 2.45) is 0 Å². The van der Waals surface area contributed by atoms with Crippen molar-refractivity contribution < 1.29 is 13.6 Å². The third-order valence-corrected chi connectivity index (χ3v) is 3.36. The number of thioether (sulfide) groups is 1. The number of nitrogens with one attached hydrogen (secondary N) is 1. The van der Waals surface area contributed by atoms with E-state index in [-0.39, 0.29) is 11.7 Å². The van der Waals surface area contributed by atoms with Crippen LogP contribution in [0.4, 0.5) is 8.78 Å². The van der Waals surface area contributed by atoms with Crippen LogP contribution in [0, 0.1) is 11.6 Å². The van der Waals surface area contributed by atoms with Crippen LogP contribution in [0.3, 0.4) is 0 Å². The second-order valence-electron chi connectivity index (χ2n) is 3.91. The lowest BCUT2D eigenvalue weighted by Crippen LogP contribution is -2.26. The highest BCUT2D eigenvalue weighted by Gasteiger charge is 2.08. The fourth-order valence-electron chi connectivity index (χ4n) is 1.37. The Hall–Kier alpha value is -1.10. The highest BCUT2D eigenvalue weighted by atomic mass is 32.2. The molecule has 0 spiro atoms. The van der Waals surface area contributed by atoms with Gasteiger partial charge in [-0.15, -0.1) is 11.8 Å². The van der Waals surface area contributed by atoms with E-state index in [2.05, 4.69) is 5.32 Å². The smallest absolute Gasteiger partial charge is 0.230 e. The Labute approximate surface area is 110 Å². The molecule has 18 heavy (non-hydrogen) atoms. The monoisotopic (exact) mass is 273 g/mol. The fraction of sp³-hybridized carbons (Fsp3) is 0.462. The standard InChI is InChI=1S/C13H17F2NOS/c1-2-3-7-16-12(17)9-18-8-10-5-4-6-11(14)13(10)15/h4-6H,2-3,7-9H2,1H3,(H,16,17). The van der Waals surface area contributed by atoms with E-state index < -0.39 is 11.6 Å². The zero-order chi connectivity index (χ0) is 13.4. The van der Waals surface area contributed by atoms with E-state index in [1.807, 2.05) is 6.92 Å². The van der Waals surface area contributed by atoms with E-state index in [4.69, 9.17) is 0 Å². The molecule has 0 fully saturated rings. The molecule has 0 radical (unpaired) electrons. The minimum atomic E-state index is -0.847. The Morgan fingerprint density at radius 1 is 1.39 bits per heavy atom. The van der Waals surface area contributed by atoms with Gasteiger partial charge in [-0.1, -0.05) is 25.5 Å². The molecule has 5 heteroatoms. The Balaban J connectivity index is 2.29. The van der Waals surface area contributed by atoms with Crippen molar-refractivity contribution in [2.75, 3.05) is 12.3 Å². The molecule has 0 atom stereocenters. The molecule has 0 saturated carbocycles. The number of benzene rings is 1.